The second-order valence-corrected chi connectivity index (χ2v) is 5.30. The summed E-state index contributed by atoms with van der Waals surface area (Å²) >= 11 is 3.36. The van der Waals surface area contributed by atoms with Crippen LogP contribution in [0.5, 0.6) is 5.75 Å². The summed E-state index contributed by atoms with van der Waals surface area (Å²) in [5.41, 5.74) is 1.75. The molecule has 1 fully saturated rings. The van der Waals surface area contributed by atoms with E-state index in [-0.39, 0.29) is 5.82 Å². The fraction of sp³-hybridized carbons (Fsp3) is 0.538. The summed E-state index contributed by atoms with van der Waals surface area (Å²) in [7, 11) is 1.50. The van der Waals surface area contributed by atoms with Crippen LogP contribution in [-0.2, 0) is 6.42 Å². The first-order valence-corrected chi connectivity index (χ1v) is 6.67. The second-order valence-electron chi connectivity index (χ2n) is 4.51. The summed E-state index contributed by atoms with van der Waals surface area (Å²) in [6.45, 7) is 3.00. The van der Waals surface area contributed by atoms with E-state index in [9.17, 15) is 4.39 Å². The lowest BCUT2D eigenvalue weighted by atomic mass is 10.0. The van der Waals surface area contributed by atoms with Crippen LogP contribution in [0.2, 0.25) is 0 Å². The molecule has 17 heavy (non-hydrogen) atoms. The number of ether oxygens (including phenoxy) is 1. The number of rotatable bonds is 3. The standard InChI is InChI=1S/C13H17BrFNO/c1-8-6-9(7-10-4-3-5-16-10)12(15)13(17-2)11(8)14/h6,10,16H,3-5,7H2,1-2H3. The van der Waals surface area contributed by atoms with Crippen LogP contribution in [-0.4, -0.2) is 19.7 Å². The Balaban J connectivity index is 2.30. The van der Waals surface area contributed by atoms with Gasteiger partial charge in [0.25, 0.3) is 0 Å². The molecule has 0 spiro atoms. The van der Waals surface area contributed by atoms with Gasteiger partial charge in [0.05, 0.1) is 11.6 Å². The quantitative estimate of drug-likeness (QED) is 0.926. The van der Waals surface area contributed by atoms with Crippen molar-refractivity contribution in [3.8, 4) is 5.75 Å². The molecule has 1 unspecified atom stereocenters. The Labute approximate surface area is 110 Å². The molecule has 4 heteroatoms. The van der Waals surface area contributed by atoms with Crippen molar-refractivity contribution in [1.29, 1.82) is 0 Å². The maximum absolute atomic E-state index is 14.2. The van der Waals surface area contributed by atoms with Crippen molar-refractivity contribution in [2.75, 3.05) is 13.7 Å². The predicted molar refractivity (Wildman–Crippen MR) is 70.1 cm³/mol. The van der Waals surface area contributed by atoms with E-state index >= 15 is 0 Å². The van der Waals surface area contributed by atoms with Crippen molar-refractivity contribution in [1.82, 2.24) is 5.32 Å². The number of aryl methyl sites for hydroxylation is 1. The first kappa shape index (κ1) is 12.8. The minimum atomic E-state index is -0.237. The van der Waals surface area contributed by atoms with Crippen LogP contribution in [0.4, 0.5) is 4.39 Å². The average Bonchev–Trinajstić information content (AvgIpc) is 2.79. The van der Waals surface area contributed by atoms with E-state index in [0.717, 1.165) is 30.5 Å². The predicted octanol–water partition coefficient (Wildman–Crippen LogP) is 3.20. The number of hydrogen-bond acceptors (Lipinski definition) is 2. The van der Waals surface area contributed by atoms with Crippen molar-refractivity contribution >= 4 is 15.9 Å². The maximum Gasteiger partial charge on any atom is 0.169 e. The Morgan fingerprint density at radius 3 is 2.94 bits per heavy atom. The molecule has 1 atom stereocenters. The van der Waals surface area contributed by atoms with E-state index in [2.05, 4.69) is 21.2 Å². The largest absolute Gasteiger partial charge is 0.492 e. The van der Waals surface area contributed by atoms with Gasteiger partial charge in [0, 0.05) is 6.04 Å². The normalized spacial score (nSPS) is 19.6. The van der Waals surface area contributed by atoms with Crippen LogP contribution < -0.4 is 10.1 Å². The van der Waals surface area contributed by atoms with Gasteiger partial charge >= 0.3 is 0 Å². The third-order valence-corrected chi connectivity index (χ3v) is 4.24. The molecule has 0 aliphatic carbocycles. The van der Waals surface area contributed by atoms with Crippen molar-refractivity contribution in [2.45, 2.75) is 32.2 Å². The molecule has 0 aromatic heterocycles. The molecule has 0 amide bonds. The van der Waals surface area contributed by atoms with Crippen molar-refractivity contribution in [3.05, 3.63) is 27.5 Å². The molecule has 1 heterocycles. The number of methoxy groups -OCH3 is 1. The summed E-state index contributed by atoms with van der Waals surface area (Å²) in [5, 5.41) is 3.38. The van der Waals surface area contributed by atoms with Crippen molar-refractivity contribution in [3.63, 3.8) is 0 Å². The molecular formula is C13H17BrFNO. The smallest absolute Gasteiger partial charge is 0.169 e. The van der Waals surface area contributed by atoms with Gasteiger partial charge in [-0.2, -0.15) is 0 Å². The van der Waals surface area contributed by atoms with Gasteiger partial charge in [0.15, 0.2) is 11.6 Å². The highest BCUT2D eigenvalue weighted by molar-refractivity contribution is 9.10. The van der Waals surface area contributed by atoms with Gasteiger partial charge in [-0.15, -0.1) is 0 Å². The lowest BCUT2D eigenvalue weighted by Gasteiger charge is -2.15. The molecule has 94 valence electrons. The Bertz CT molecular complexity index is 416. The molecule has 0 saturated carbocycles. The summed E-state index contributed by atoms with van der Waals surface area (Å²) in [5.74, 6) is 0.0803. The van der Waals surface area contributed by atoms with Crippen LogP contribution in [0.15, 0.2) is 10.5 Å². The monoisotopic (exact) mass is 301 g/mol. The number of nitrogens with one attached hydrogen (secondary N) is 1. The summed E-state index contributed by atoms with van der Waals surface area (Å²) in [6.07, 6.45) is 3.03. The zero-order valence-electron chi connectivity index (χ0n) is 10.1. The topological polar surface area (TPSA) is 21.3 Å². The van der Waals surface area contributed by atoms with Gasteiger partial charge in [0.2, 0.25) is 0 Å². The van der Waals surface area contributed by atoms with Crippen molar-refractivity contribution < 1.29 is 9.13 Å². The molecule has 1 N–H and O–H groups in total. The first-order chi connectivity index (χ1) is 8.13. The number of benzene rings is 1. The molecule has 1 aliphatic heterocycles. The Hall–Kier alpha value is -0.610. The van der Waals surface area contributed by atoms with Gasteiger partial charge < -0.3 is 10.1 Å². The third kappa shape index (κ3) is 2.63. The average molecular weight is 302 g/mol. The lowest BCUT2D eigenvalue weighted by molar-refractivity contribution is 0.379. The van der Waals surface area contributed by atoms with Crippen LogP contribution >= 0.6 is 15.9 Å². The molecule has 1 aromatic rings. The van der Waals surface area contributed by atoms with Crippen LogP contribution in [0.3, 0.4) is 0 Å². The Morgan fingerprint density at radius 1 is 1.59 bits per heavy atom. The van der Waals surface area contributed by atoms with E-state index < -0.39 is 0 Å². The molecule has 2 nitrogen and oxygen atoms in total. The molecule has 1 saturated heterocycles. The highest BCUT2D eigenvalue weighted by atomic mass is 79.9. The molecule has 0 radical (unpaired) electrons. The van der Waals surface area contributed by atoms with E-state index in [4.69, 9.17) is 4.74 Å². The maximum atomic E-state index is 14.2. The molecular weight excluding hydrogens is 285 g/mol. The molecule has 0 bridgehead atoms. The van der Waals surface area contributed by atoms with Gasteiger partial charge in [-0.25, -0.2) is 4.39 Å². The zero-order chi connectivity index (χ0) is 12.4. The molecule has 2 rings (SSSR count). The zero-order valence-corrected chi connectivity index (χ0v) is 11.7. The second kappa shape index (κ2) is 5.36. The molecule has 1 aromatic carbocycles. The summed E-state index contributed by atoms with van der Waals surface area (Å²) < 4.78 is 20.0. The van der Waals surface area contributed by atoms with E-state index in [1.165, 1.54) is 13.5 Å². The van der Waals surface area contributed by atoms with E-state index in [1.54, 1.807) is 0 Å². The Kier molecular flexibility index (Phi) is 4.05. The van der Waals surface area contributed by atoms with Crippen molar-refractivity contribution in [2.24, 2.45) is 0 Å². The third-order valence-electron chi connectivity index (χ3n) is 3.25. The highest BCUT2D eigenvalue weighted by Gasteiger charge is 2.20. The minimum absolute atomic E-state index is 0.237. The van der Waals surface area contributed by atoms with E-state index in [1.807, 2.05) is 13.0 Å². The van der Waals surface area contributed by atoms with Crippen LogP contribution in [0, 0.1) is 12.7 Å². The number of halogens is 2. The van der Waals surface area contributed by atoms with Crippen LogP contribution in [0.1, 0.15) is 24.0 Å². The van der Waals surface area contributed by atoms with Gasteiger partial charge in [0.1, 0.15) is 0 Å². The van der Waals surface area contributed by atoms with Gasteiger partial charge in [-0.1, -0.05) is 6.07 Å². The fourth-order valence-electron chi connectivity index (χ4n) is 2.33. The SMILES string of the molecule is COc1c(F)c(CC2CCCN2)cc(C)c1Br. The fourth-order valence-corrected chi connectivity index (χ4v) is 2.78. The van der Waals surface area contributed by atoms with Gasteiger partial charge in [-0.3, -0.25) is 0 Å². The summed E-state index contributed by atoms with van der Waals surface area (Å²) in [4.78, 5) is 0. The minimum Gasteiger partial charge on any atom is -0.492 e. The number of hydrogen-bond donors (Lipinski definition) is 1. The summed E-state index contributed by atoms with van der Waals surface area (Å²) in [6, 6.07) is 2.30. The lowest BCUT2D eigenvalue weighted by Crippen LogP contribution is -2.24. The van der Waals surface area contributed by atoms with Gasteiger partial charge in [-0.05, 0) is 59.8 Å². The Morgan fingerprint density at radius 2 is 2.35 bits per heavy atom. The highest BCUT2D eigenvalue weighted by Crippen LogP contribution is 2.34. The molecule has 1 aliphatic rings. The van der Waals surface area contributed by atoms with Crippen LogP contribution in [0.25, 0.3) is 0 Å². The first-order valence-electron chi connectivity index (χ1n) is 5.88. The van der Waals surface area contributed by atoms with E-state index in [0.29, 0.717) is 16.3 Å².